The highest BCUT2D eigenvalue weighted by Crippen LogP contribution is 2.34. The van der Waals surface area contributed by atoms with Crippen LogP contribution in [0.25, 0.3) is 0 Å². The molecule has 7 heteroatoms. The molecule has 2 aromatic rings. The maximum absolute atomic E-state index is 13.6. The first-order valence-corrected chi connectivity index (χ1v) is 12.3. The van der Waals surface area contributed by atoms with Gasteiger partial charge in [-0.2, -0.15) is 5.26 Å². The summed E-state index contributed by atoms with van der Waals surface area (Å²) < 4.78 is 0. The Morgan fingerprint density at radius 3 is 2.53 bits per heavy atom. The van der Waals surface area contributed by atoms with Gasteiger partial charge in [-0.1, -0.05) is 54.9 Å². The first kappa shape index (κ1) is 24.3. The zero-order valence-electron chi connectivity index (χ0n) is 19.5. The molecule has 1 saturated heterocycles. The zero-order valence-corrected chi connectivity index (χ0v) is 20.3. The van der Waals surface area contributed by atoms with Gasteiger partial charge in [0.2, 0.25) is 11.8 Å². The molecule has 0 aromatic heterocycles. The van der Waals surface area contributed by atoms with E-state index >= 15 is 0 Å². The molecule has 0 bridgehead atoms. The fourth-order valence-corrected chi connectivity index (χ4v) is 4.95. The molecule has 178 valence electrons. The van der Waals surface area contributed by atoms with Crippen molar-refractivity contribution in [2.24, 2.45) is 5.41 Å². The van der Waals surface area contributed by atoms with Gasteiger partial charge in [0.15, 0.2) is 0 Å². The van der Waals surface area contributed by atoms with Crippen LogP contribution in [0.1, 0.15) is 42.9 Å². The van der Waals surface area contributed by atoms with Crippen LogP contribution in [0.15, 0.2) is 48.5 Å². The predicted octanol–water partition coefficient (Wildman–Crippen LogP) is 3.62. The van der Waals surface area contributed by atoms with Crippen molar-refractivity contribution in [3.63, 3.8) is 0 Å². The molecule has 0 saturated carbocycles. The summed E-state index contributed by atoms with van der Waals surface area (Å²) in [6.07, 6.45) is 3.07. The summed E-state index contributed by atoms with van der Waals surface area (Å²) in [5.41, 5.74) is 3.25. The number of nitrogens with one attached hydrogen (secondary N) is 2. The van der Waals surface area contributed by atoms with Crippen molar-refractivity contribution in [1.82, 2.24) is 15.5 Å². The van der Waals surface area contributed by atoms with Crippen molar-refractivity contribution in [3.8, 4) is 6.07 Å². The van der Waals surface area contributed by atoms with E-state index in [0.29, 0.717) is 43.9 Å². The van der Waals surface area contributed by atoms with E-state index in [1.807, 2.05) is 29.2 Å². The second kappa shape index (κ2) is 10.6. The van der Waals surface area contributed by atoms with Gasteiger partial charge >= 0.3 is 0 Å². The number of nitriles is 1. The van der Waals surface area contributed by atoms with Crippen LogP contribution in [0.5, 0.6) is 0 Å². The maximum atomic E-state index is 13.6. The molecule has 6 nitrogen and oxygen atoms in total. The molecule has 2 amide bonds. The van der Waals surface area contributed by atoms with Crippen LogP contribution in [0.2, 0.25) is 5.02 Å². The Morgan fingerprint density at radius 2 is 1.85 bits per heavy atom. The molecule has 0 spiro atoms. The van der Waals surface area contributed by atoms with Crippen LogP contribution in [0, 0.1) is 16.7 Å². The van der Waals surface area contributed by atoms with E-state index in [9.17, 15) is 9.59 Å². The van der Waals surface area contributed by atoms with Crippen LogP contribution < -0.4 is 10.6 Å². The SMILES string of the molecule is CC1(CC#N)CCN(C(=O)[C@H](Cc2ccc(Cl)cc2)NC(=O)[C@H]2Cc3ccccc3CN2)CC1. The van der Waals surface area contributed by atoms with Gasteiger partial charge in [-0.05, 0) is 53.5 Å². The molecule has 2 heterocycles. The molecule has 4 rings (SSSR count). The van der Waals surface area contributed by atoms with Gasteiger partial charge in [0.25, 0.3) is 0 Å². The van der Waals surface area contributed by atoms with E-state index in [0.717, 1.165) is 24.0 Å². The van der Waals surface area contributed by atoms with Crippen LogP contribution in [-0.2, 0) is 29.0 Å². The Bertz CT molecular complexity index is 1070. The largest absolute Gasteiger partial charge is 0.343 e. The number of nitrogens with zero attached hydrogens (tertiary/aromatic N) is 2. The summed E-state index contributed by atoms with van der Waals surface area (Å²) in [6, 6.07) is 16.7. The van der Waals surface area contributed by atoms with Crippen molar-refractivity contribution in [1.29, 1.82) is 5.26 Å². The molecular weight excluding hydrogens is 448 g/mol. The minimum Gasteiger partial charge on any atom is -0.343 e. The highest BCUT2D eigenvalue weighted by atomic mass is 35.5. The first-order valence-electron chi connectivity index (χ1n) is 11.9. The number of benzene rings is 2. The predicted molar refractivity (Wildman–Crippen MR) is 132 cm³/mol. The van der Waals surface area contributed by atoms with E-state index in [1.54, 1.807) is 12.1 Å². The normalized spacial score (nSPS) is 20.0. The minimum atomic E-state index is -0.659. The molecule has 0 radical (unpaired) electrons. The highest BCUT2D eigenvalue weighted by molar-refractivity contribution is 6.30. The lowest BCUT2D eigenvalue weighted by Gasteiger charge is -2.39. The Hall–Kier alpha value is -2.88. The fourth-order valence-electron chi connectivity index (χ4n) is 4.82. The summed E-state index contributed by atoms with van der Waals surface area (Å²) in [5, 5.41) is 16.1. The number of hydrogen-bond acceptors (Lipinski definition) is 4. The van der Waals surface area contributed by atoms with Crippen molar-refractivity contribution in [2.45, 2.75) is 57.7 Å². The molecule has 0 aliphatic carbocycles. The van der Waals surface area contributed by atoms with E-state index in [2.05, 4.69) is 35.8 Å². The third-order valence-corrected chi connectivity index (χ3v) is 7.41. The van der Waals surface area contributed by atoms with Crippen molar-refractivity contribution >= 4 is 23.4 Å². The molecule has 0 unspecified atom stereocenters. The Balaban J connectivity index is 1.47. The van der Waals surface area contributed by atoms with Gasteiger partial charge in [-0.15, -0.1) is 0 Å². The zero-order chi connectivity index (χ0) is 24.1. The summed E-state index contributed by atoms with van der Waals surface area (Å²) >= 11 is 6.04. The second-order valence-electron chi connectivity index (χ2n) is 9.77. The number of hydrogen-bond donors (Lipinski definition) is 2. The average Bonchev–Trinajstić information content (AvgIpc) is 2.84. The van der Waals surface area contributed by atoms with Gasteiger partial charge in [-0.25, -0.2) is 0 Å². The Kier molecular flexibility index (Phi) is 7.55. The number of likely N-dealkylation sites (tertiary alicyclic amines) is 1. The average molecular weight is 479 g/mol. The van der Waals surface area contributed by atoms with Crippen LogP contribution >= 0.6 is 11.6 Å². The highest BCUT2D eigenvalue weighted by Gasteiger charge is 2.35. The van der Waals surface area contributed by atoms with E-state index in [-0.39, 0.29) is 23.3 Å². The molecule has 2 aromatic carbocycles. The van der Waals surface area contributed by atoms with Crippen molar-refractivity contribution in [2.75, 3.05) is 13.1 Å². The smallest absolute Gasteiger partial charge is 0.245 e. The van der Waals surface area contributed by atoms with Gasteiger partial charge in [0, 0.05) is 37.5 Å². The Morgan fingerprint density at radius 1 is 1.18 bits per heavy atom. The molecule has 2 aliphatic heterocycles. The number of carbonyl (C=O) groups excluding carboxylic acids is 2. The minimum absolute atomic E-state index is 0.0557. The lowest BCUT2D eigenvalue weighted by Crippen LogP contribution is -2.56. The molecule has 2 aliphatic rings. The lowest BCUT2D eigenvalue weighted by atomic mass is 9.78. The van der Waals surface area contributed by atoms with Crippen molar-refractivity contribution in [3.05, 3.63) is 70.2 Å². The summed E-state index contributed by atoms with van der Waals surface area (Å²) in [5.74, 6) is -0.230. The first-order chi connectivity index (χ1) is 16.4. The topological polar surface area (TPSA) is 85.2 Å². The van der Waals surface area contributed by atoms with E-state index in [4.69, 9.17) is 16.9 Å². The number of amides is 2. The number of fused-ring (bicyclic) bond motifs is 1. The van der Waals surface area contributed by atoms with Crippen LogP contribution in [0.3, 0.4) is 0 Å². The molecule has 1 fully saturated rings. The standard InChI is InChI=1S/C27H31ClN4O2/c1-27(10-13-29)11-14-32(15-12-27)26(34)24(16-19-6-8-22(28)9-7-19)31-25(33)23-17-20-4-2-3-5-21(20)18-30-23/h2-9,23-24,30H,10-12,14-18H2,1H3,(H,31,33)/t23-,24+/m1/s1. The summed E-state index contributed by atoms with van der Waals surface area (Å²) in [6.45, 7) is 3.93. The molecule has 34 heavy (non-hydrogen) atoms. The van der Waals surface area contributed by atoms with E-state index < -0.39 is 6.04 Å². The Labute approximate surface area is 206 Å². The lowest BCUT2D eigenvalue weighted by molar-refractivity contribution is -0.138. The quantitative estimate of drug-likeness (QED) is 0.664. The number of carbonyl (C=O) groups is 2. The summed E-state index contributed by atoms with van der Waals surface area (Å²) in [4.78, 5) is 28.6. The van der Waals surface area contributed by atoms with Crippen LogP contribution in [-0.4, -0.2) is 41.9 Å². The third kappa shape index (κ3) is 5.78. The molecular formula is C27H31ClN4O2. The fraction of sp³-hybridized carbons (Fsp3) is 0.444. The number of halogens is 1. The third-order valence-electron chi connectivity index (χ3n) is 7.15. The van der Waals surface area contributed by atoms with Gasteiger partial charge in [-0.3, -0.25) is 9.59 Å². The monoisotopic (exact) mass is 478 g/mol. The number of rotatable bonds is 6. The maximum Gasteiger partial charge on any atom is 0.245 e. The van der Waals surface area contributed by atoms with Crippen molar-refractivity contribution < 1.29 is 9.59 Å². The van der Waals surface area contributed by atoms with Gasteiger partial charge in [0.1, 0.15) is 6.04 Å². The van der Waals surface area contributed by atoms with Gasteiger partial charge < -0.3 is 15.5 Å². The van der Waals surface area contributed by atoms with Crippen LogP contribution in [0.4, 0.5) is 0 Å². The molecule has 2 atom stereocenters. The van der Waals surface area contributed by atoms with Gasteiger partial charge in [0.05, 0.1) is 12.1 Å². The second-order valence-corrected chi connectivity index (χ2v) is 10.2. The summed E-state index contributed by atoms with van der Waals surface area (Å²) in [7, 11) is 0. The van der Waals surface area contributed by atoms with E-state index in [1.165, 1.54) is 5.56 Å². The molecule has 2 N–H and O–H groups in total. The number of piperidine rings is 1.